The van der Waals surface area contributed by atoms with Crippen molar-refractivity contribution in [3.8, 4) is 6.07 Å². The maximum Gasteiger partial charge on any atom is 0.320 e. The number of fused-ring (bicyclic) bond motifs is 4. The maximum absolute atomic E-state index is 12.2. The molecule has 42 heavy (non-hydrogen) atoms. The molecule has 0 saturated carbocycles. The quantitative estimate of drug-likeness (QED) is 0.203. The maximum atomic E-state index is 12.2. The molecule has 6 amide bonds. The highest BCUT2D eigenvalue weighted by atomic mass is 16.7. The van der Waals surface area contributed by atoms with Crippen LogP contribution < -0.4 is 27.3 Å². The van der Waals surface area contributed by atoms with E-state index in [9.17, 15) is 19.2 Å². The van der Waals surface area contributed by atoms with E-state index < -0.39 is 12.1 Å². The van der Waals surface area contributed by atoms with Crippen LogP contribution in [0.25, 0.3) is 0 Å². The number of carbonyl (C=O) groups excluding carboxylic acids is 4. The standard InChI is InChI=1S/C13H23N5O3.C13H19N5O3/c1-17-10-2-3-11(18(6-10)13(17)20)12(19)16-21-7-9-4-8(14)5-15-9;1-17-9-2-3-11(18(7-9)13(17)20)12(19)16-21-10-4-8(5-14)15-6-10/h8-11,15H,2-7,14H2,1H3,(H,16,19);8-11,15H,2-4,6-7H2,1H3,(H,16,19)/t8-,9+,10-,11+;8-,9-,10-,11+/m11/s1. The summed E-state index contributed by atoms with van der Waals surface area (Å²) in [5.74, 6) is -0.517. The molecule has 6 N–H and O–H groups in total. The molecule has 6 rings (SSSR count). The van der Waals surface area contributed by atoms with Gasteiger partial charge in [0.1, 0.15) is 18.2 Å². The molecule has 0 unspecified atom stereocenters. The Balaban J connectivity index is 0.000000168. The molecule has 232 valence electrons. The van der Waals surface area contributed by atoms with Gasteiger partial charge in [-0.25, -0.2) is 20.5 Å². The van der Waals surface area contributed by atoms with Crippen molar-refractivity contribution in [1.82, 2.24) is 41.2 Å². The number of hydroxylamine groups is 2. The van der Waals surface area contributed by atoms with Crippen LogP contribution in [0.5, 0.6) is 0 Å². The molecule has 0 aromatic carbocycles. The third-order valence-electron chi connectivity index (χ3n) is 9.20. The normalized spacial score (nSPS) is 35.2. The molecule has 4 bridgehead atoms. The Morgan fingerprint density at radius 3 is 2.05 bits per heavy atom. The van der Waals surface area contributed by atoms with E-state index >= 15 is 0 Å². The average molecular weight is 591 g/mol. The van der Waals surface area contributed by atoms with Crippen LogP contribution in [0, 0.1) is 11.3 Å². The molecule has 6 saturated heterocycles. The largest absolute Gasteiger partial charge is 0.326 e. The molecule has 8 atom stereocenters. The Morgan fingerprint density at radius 1 is 0.929 bits per heavy atom. The number of amides is 6. The summed E-state index contributed by atoms with van der Waals surface area (Å²) in [6.07, 6.45) is 4.22. The van der Waals surface area contributed by atoms with E-state index in [0.717, 1.165) is 25.8 Å². The smallest absolute Gasteiger partial charge is 0.320 e. The van der Waals surface area contributed by atoms with Gasteiger partial charge in [0.05, 0.1) is 30.8 Å². The minimum atomic E-state index is -0.458. The molecule has 16 heteroatoms. The zero-order valence-corrected chi connectivity index (χ0v) is 24.2. The van der Waals surface area contributed by atoms with Gasteiger partial charge >= 0.3 is 12.1 Å². The van der Waals surface area contributed by atoms with Gasteiger partial charge in [0.25, 0.3) is 11.8 Å². The molecule has 0 aromatic heterocycles. The lowest BCUT2D eigenvalue weighted by Crippen LogP contribution is -2.50. The molecule has 6 aliphatic heterocycles. The van der Waals surface area contributed by atoms with Crippen molar-refractivity contribution in [1.29, 1.82) is 5.26 Å². The van der Waals surface area contributed by atoms with Gasteiger partial charge < -0.3 is 30.7 Å². The van der Waals surface area contributed by atoms with E-state index in [1.807, 2.05) is 0 Å². The summed E-state index contributed by atoms with van der Waals surface area (Å²) in [5.41, 5.74) is 10.7. The number of carbonyl (C=O) groups is 4. The summed E-state index contributed by atoms with van der Waals surface area (Å²) in [7, 11) is 3.56. The fourth-order valence-electron chi connectivity index (χ4n) is 6.58. The van der Waals surface area contributed by atoms with Crippen molar-refractivity contribution in [3.63, 3.8) is 0 Å². The van der Waals surface area contributed by atoms with E-state index in [1.54, 1.807) is 33.7 Å². The number of hydrogen-bond acceptors (Lipinski definition) is 10. The summed E-state index contributed by atoms with van der Waals surface area (Å²) < 4.78 is 0. The van der Waals surface area contributed by atoms with Crippen LogP contribution >= 0.6 is 0 Å². The van der Waals surface area contributed by atoms with Crippen molar-refractivity contribution < 1.29 is 28.9 Å². The second-order valence-electron chi connectivity index (χ2n) is 12.0. The second-order valence-corrected chi connectivity index (χ2v) is 12.0. The summed E-state index contributed by atoms with van der Waals surface area (Å²) in [6.45, 7) is 2.95. The van der Waals surface area contributed by atoms with Crippen LogP contribution in [-0.2, 0) is 19.3 Å². The minimum Gasteiger partial charge on any atom is -0.326 e. The first-order valence-corrected chi connectivity index (χ1v) is 14.7. The Bertz CT molecular complexity index is 1090. The monoisotopic (exact) mass is 590 g/mol. The molecule has 6 aliphatic rings. The number of hydrogen-bond donors (Lipinski definition) is 5. The number of likely N-dealkylation sites (N-methyl/N-ethyl adjacent to an activating group) is 2. The summed E-state index contributed by atoms with van der Waals surface area (Å²) in [5, 5.41) is 15.0. The van der Waals surface area contributed by atoms with Crippen LogP contribution in [0.15, 0.2) is 0 Å². The van der Waals surface area contributed by atoms with Crippen LogP contribution in [0.3, 0.4) is 0 Å². The first-order chi connectivity index (χ1) is 20.2. The topological polar surface area (TPSA) is 198 Å². The third-order valence-corrected chi connectivity index (χ3v) is 9.20. The SMILES string of the molecule is CN1C(=O)N2C[C@H]1CC[C@H]2C(=O)NOC[C@@H]1C[C@@H](N)CN1.CN1C(=O)N2C[C@H]1CC[C@H]2C(=O)NO[C@H]1CN[C@@H](C#N)C1. The second kappa shape index (κ2) is 13.0. The van der Waals surface area contributed by atoms with Crippen molar-refractivity contribution in [2.45, 2.75) is 86.9 Å². The first kappa shape index (κ1) is 30.2. The van der Waals surface area contributed by atoms with E-state index in [2.05, 4.69) is 27.7 Å². The summed E-state index contributed by atoms with van der Waals surface area (Å²) in [4.78, 5) is 65.8. The Hall–Kier alpha value is -3.23. The first-order valence-electron chi connectivity index (χ1n) is 14.7. The number of nitrogens with one attached hydrogen (secondary N) is 4. The van der Waals surface area contributed by atoms with Gasteiger partial charge in [-0.2, -0.15) is 5.26 Å². The Morgan fingerprint density at radius 2 is 1.52 bits per heavy atom. The highest BCUT2D eigenvalue weighted by Gasteiger charge is 2.46. The lowest BCUT2D eigenvalue weighted by Gasteiger charge is -2.29. The molecule has 0 radical (unpaired) electrons. The van der Waals surface area contributed by atoms with E-state index in [0.29, 0.717) is 45.5 Å². The Labute approximate surface area is 245 Å². The zero-order chi connectivity index (χ0) is 30.0. The van der Waals surface area contributed by atoms with Gasteiger partial charge in [0.2, 0.25) is 0 Å². The number of urea groups is 2. The van der Waals surface area contributed by atoms with E-state index in [1.165, 1.54) is 0 Å². The van der Waals surface area contributed by atoms with E-state index in [4.69, 9.17) is 20.7 Å². The summed E-state index contributed by atoms with van der Waals surface area (Å²) in [6, 6.07) is 1.64. The lowest BCUT2D eigenvalue weighted by atomic mass is 10.0. The third kappa shape index (κ3) is 6.40. The molecule has 6 heterocycles. The predicted molar refractivity (Wildman–Crippen MR) is 147 cm³/mol. The van der Waals surface area contributed by atoms with Crippen molar-refractivity contribution in [2.24, 2.45) is 5.73 Å². The molecule has 0 aliphatic carbocycles. The van der Waals surface area contributed by atoms with Crippen LogP contribution in [0.2, 0.25) is 0 Å². The average Bonchev–Trinajstić information content (AvgIpc) is 3.74. The highest BCUT2D eigenvalue weighted by molar-refractivity contribution is 5.89. The minimum absolute atomic E-state index is 0.0684. The van der Waals surface area contributed by atoms with Gasteiger partial charge in [0, 0.05) is 58.8 Å². The number of nitrogens with two attached hydrogens (primary N) is 1. The number of rotatable bonds is 7. The predicted octanol–water partition coefficient (Wildman–Crippen LogP) is -2.19. The van der Waals surface area contributed by atoms with Gasteiger partial charge in [-0.3, -0.25) is 24.6 Å². The van der Waals surface area contributed by atoms with Crippen molar-refractivity contribution >= 4 is 23.9 Å². The molecule has 6 fully saturated rings. The highest BCUT2D eigenvalue weighted by Crippen LogP contribution is 2.29. The van der Waals surface area contributed by atoms with Gasteiger partial charge in [0.15, 0.2) is 0 Å². The van der Waals surface area contributed by atoms with Gasteiger partial charge in [-0.1, -0.05) is 0 Å². The number of piperidine rings is 2. The van der Waals surface area contributed by atoms with Crippen LogP contribution in [0.4, 0.5) is 9.59 Å². The van der Waals surface area contributed by atoms with E-state index in [-0.39, 0.29) is 60.2 Å². The van der Waals surface area contributed by atoms with Crippen molar-refractivity contribution in [2.75, 3.05) is 46.9 Å². The van der Waals surface area contributed by atoms with Crippen LogP contribution in [0.1, 0.15) is 38.5 Å². The lowest BCUT2D eigenvalue weighted by molar-refractivity contribution is -0.142. The fourth-order valence-corrected chi connectivity index (χ4v) is 6.58. The fraction of sp³-hybridized carbons (Fsp3) is 0.808. The van der Waals surface area contributed by atoms with Gasteiger partial charge in [-0.05, 0) is 32.1 Å². The molecule has 0 aromatic rings. The molecule has 0 spiro atoms. The number of nitrogens with zero attached hydrogens (tertiary/aromatic N) is 5. The van der Waals surface area contributed by atoms with Crippen molar-refractivity contribution in [3.05, 3.63) is 0 Å². The van der Waals surface area contributed by atoms with Crippen LogP contribution in [-0.4, -0.2) is 139 Å². The Kier molecular flexibility index (Phi) is 9.33. The summed E-state index contributed by atoms with van der Waals surface area (Å²) >= 11 is 0. The molecular formula is C26H42N10O6. The molecule has 16 nitrogen and oxygen atoms in total. The number of nitriles is 1. The van der Waals surface area contributed by atoms with Gasteiger partial charge in [-0.15, -0.1) is 0 Å². The molecular weight excluding hydrogens is 548 g/mol. The zero-order valence-electron chi connectivity index (χ0n) is 24.2.